The van der Waals surface area contributed by atoms with Gasteiger partial charge in [0.2, 0.25) is 0 Å². The van der Waals surface area contributed by atoms with E-state index in [1.54, 1.807) is 0 Å². The molecule has 0 aromatic heterocycles. The first kappa shape index (κ1) is 19.8. The molecule has 4 heteroatoms. The fourth-order valence-electron chi connectivity index (χ4n) is 1.75. The van der Waals surface area contributed by atoms with Crippen molar-refractivity contribution in [1.82, 2.24) is 0 Å². The molecule has 0 saturated carbocycles. The Bertz CT molecular complexity index is 170. The van der Waals surface area contributed by atoms with Crippen molar-refractivity contribution in [3.05, 3.63) is 0 Å². The molecule has 0 atom stereocenters. The molecule has 0 heterocycles. The SMILES string of the molecule is CCCCOC(CCCO)(OCCCC)OCCCC. The van der Waals surface area contributed by atoms with Crippen molar-refractivity contribution in [2.24, 2.45) is 0 Å². The van der Waals surface area contributed by atoms with Crippen molar-refractivity contribution in [3.8, 4) is 0 Å². The van der Waals surface area contributed by atoms with Crippen LogP contribution < -0.4 is 0 Å². The maximum atomic E-state index is 9.08. The Hall–Kier alpha value is -0.160. The van der Waals surface area contributed by atoms with E-state index in [1.165, 1.54) is 0 Å². The Balaban J connectivity index is 4.48. The van der Waals surface area contributed by atoms with E-state index in [0.717, 1.165) is 38.5 Å². The van der Waals surface area contributed by atoms with E-state index in [9.17, 15) is 0 Å². The maximum Gasteiger partial charge on any atom is 0.282 e. The van der Waals surface area contributed by atoms with Crippen LogP contribution >= 0.6 is 0 Å². The molecule has 122 valence electrons. The monoisotopic (exact) mass is 290 g/mol. The largest absolute Gasteiger partial charge is 0.396 e. The van der Waals surface area contributed by atoms with Gasteiger partial charge in [0.1, 0.15) is 0 Å². The van der Waals surface area contributed by atoms with Crippen molar-refractivity contribution in [2.45, 2.75) is 78.1 Å². The van der Waals surface area contributed by atoms with Crippen LogP contribution in [0, 0.1) is 0 Å². The lowest BCUT2D eigenvalue weighted by molar-refractivity contribution is -0.384. The van der Waals surface area contributed by atoms with Crippen LogP contribution in [0.5, 0.6) is 0 Å². The maximum absolute atomic E-state index is 9.08. The zero-order chi connectivity index (χ0) is 15.1. The molecule has 0 radical (unpaired) electrons. The standard InChI is InChI=1S/C16H34O4/c1-4-7-13-18-16(11-10-12-17,19-14-8-5-2)20-15-9-6-3/h17H,4-15H2,1-3H3. The summed E-state index contributed by atoms with van der Waals surface area (Å²) in [5.41, 5.74) is 0. The summed E-state index contributed by atoms with van der Waals surface area (Å²) in [6, 6.07) is 0. The Morgan fingerprint density at radius 1 is 0.700 bits per heavy atom. The Morgan fingerprint density at radius 3 is 1.40 bits per heavy atom. The molecule has 1 N–H and O–H groups in total. The number of rotatable bonds is 15. The summed E-state index contributed by atoms with van der Waals surface area (Å²) in [6.45, 7) is 8.45. The molecule has 0 unspecified atom stereocenters. The molecule has 0 spiro atoms. The van der Waals surface area contributed by atoms with Gasteiger partial charge in [-0.2, -0.15) is 0 Å². The highest BCUT2D eigenvalue weighted by molar-refractivity contribution is 4.60. The highest BCUT2D eigenvalue weighted by Gasteiger charge is 2.32. The van der Waals surface area contributed by atoms with Crippen molar-refractivity contribution < 1.29 is 19.3 Å². The van der Waals surface area contributed by atoms with Crippen molar-refractivity contribution in [1.29, 1.82) is 0 Å². The predicted octanol–water partition coefficient (Wildman–Crippen LogP) is 3.86. The van der Waals surface area contributed by atoms with Crippen molar-refractivity contribution in [3.63, 3.8) is 0 Å². The van der Waals surface area contributed by atoms with Gasteiger partial charge in [0, 0.05) is 13.0 Å². The average molecular weight is 290 g/mol. The molecule has 20 heavy (non-hydrogen) atoms. The van der Waals surface area contributed by atoms with E-state index in [0.29, 0.717) is 32.7 Å². The molecule has 0 aliphatic heterocycles. The molecular weight excluding hydrogens is 256 g/mol. The van der Waals surface area contributed by atoms with Crippen LogP contribution in [0.1, 0.15) is 72.1 Å². The first-order valence-electron chi connectivity index (χ1n) is 8.27. The first-order chi connectivity index (χ1) is 9.74. The number of aliphatic hydroxyl groups excluding tert-OH is 1. The topological polar surface area (TPSA) is 47.9 Å². The highest BCUT2D eigenvalue weighted by atomic mass is 16.9. The van der Waals surface area contributed by atoms with Crippen molar-refractivity contribution >= 4 is 0 Å². The van der Waals surface area contributed by atoms with Gasteiger partial charge >= 0.3 is 0 Å². The van der Waals surface area contributed by atoms with Gasteiger partial charge in [-0.15, -0.1) is 0 Å². The third-order valence-corrected chi connectivity index (χ3v) is 3.10. The third kappa shape index (κ3) is 9.70. The van der Waals surface area contributed by atoms with Crippen LogP contribution in [0.4, 0.5) is 0 Å². The number of aliphatic hydroxyl groups is 1. The number of ether oxygens (including phenoxy) is 3. The number of unbranched alkanes of at least 4 members (excludes halogenated alkanes) is 3. The van der Waals surface area contributed by atoms with E-state index < -0.39 is 5.97 Å². The van der Waals surface area contributed by atoms with Crippen LogP contribution in [0.15, 0.2) is 0 Å². The van der Waals surface area contributed by atoms with Crippen LogP contribution in [0.25, 0.3) is 0 Å². The molecule has 0 amide bonds. The second kappa shape index (κ2) is 13.8. The van der Waals surface area contributed by atoms with Crippen LogP contribution in [-0.2, 0) is 14.2 Å². The molecule has 4 nitrogen and oxygen atoms in total. The van der Waals surface area contributed by atoms with Crippen LogP contribution in [0.3, 0.4) is 0 Å². The summed E-state index contributed by atoms with van der Waals surface area (Å²) in [7, 11) is 0. The Kier molecular flexibility index (Phi) is 13.7. The zero-order valence-corrected chi connectivity index (χ0v) is 13.7. The fourth-order valence-corrected chi connectivity index (χ4v) is 1.75. The molecule has 0 aromatic rings. The Morgan fingerprint density at radius 2 is 1.10 bits per heavy atom. The molecule has 0 bridgehead atoms. The van der Waals surface area contributed by atoms with Gasteiger partial charge in [-0.25, -0.2) is 0 Å². The van der Waals surface area contributed by atoms with E-state index in [2.05, 4.69) is 20.8 Å². The zero-order valence-electron chi connectivity index (χ0n) is 13.7. The smallest absolute Gasteiger partial charge is 0.282 e. The van der Waals surface area contributed by atoms with E-state index in [4.69, 9.17) is 19.3 Å². The minimum Gasteiger partial charge on any atom is -0.396 e. The summed E-state index contributed by atoms with van der Waals surface area (Å²) in [5, 5.41) is 9.08. The summed E-state index contributed by atoms with van der Waals surface area (Å²) in [6.07, 6.45) is 7.45. The number of hydrogen-bond acceptors (Lipinski definition) is 4. The molecule has 0 fully saturated rings. The molecular formula is C16H34O4. The van der Waals surface area contributed by atoms with Crippen LogP contribution in [-0.4, -0.2) is 37.5 Å². The van der Waals surface area contributed by atoms with Crippen molar-refractivity contribution in [2.75, 3.05) is 26.4 Å². The second-order valence-corrected chi connectivity index (χ2v) is 5.12. The van der Waals surface area contributed by atoms with E-state index in [1.807, 2.05) is 0 Å². The number of hydrogen-bond donors (Lipinski definition) is 1. The van der Waals surface area contributed by atoms with E-state index in [-0.39, 0.29) is 6.61 Å². The minimum atomic E-state index is -0.956. The normalized spacial score (nSPS) is 12.0. The molecule has 0 saturated heterocycles. The van der Waals surface area contributed by atoms with Crippen LogP contribution in [0.2, 0.25) is 0 Å². The molecule has 0 aliphatic carbocycles. The van der Waals surface area contributed by atoms with Gasteiger partial charge in [-0.1, -0.05) is 40.0 Å². The third-order valence-electron chi connectivity index (χ3n) is 3.10. The molecule has 0 aliphatic rings. The quantitative estimate of drug-likeness (QED) is 0.367. The van der Waals surface area contributed by atoms with Gasteiger partial charge in [-0.3, -0.25) is 0 Å². The fraction of sp³-hybridized carbons (Fsp3) is 1.00. The van der Waals surface area contributed by atoms with Gasteiger partial charge in [0.25, 0.3) is 5.97 Å². The lowest BCUT2D eigenvalue weighted by Gasteiger charge is -2.33. The van der Waals surface area contributed by atoms with E-state index >= 15 is 0 Å². The van der Waals surface area contributed by atoms with Gasteiger partial charge in [-0.05, 0) is 25.7 Å². The predicted molar refractivity (Wildman–Crippen MR) is 81.6 cm³/mol. The highest BCUT2D eigenvalue weighted by Crippen LogP contribution is 2.24. The molecule has 0 aromatic carbocycles. The minimum absolute atomic E-state index is 0.132. The van der Waals surface area contributed by atoms with Gasteiger partial charge in [0.15, 0.2) is 0 Å². The summed E-state index contributed by atoms with van der Waals surface area (Å²) in [5.74, 6) is -0.956. The molecule has 0 rings (SSSR count). The van der Waals surface area contributed by atoms with Gasteiger partial charge in [0.05, 0.1) is 19.8 Å². The summed E-state index contributed by atoms with van der Waals surface area (Å²) in [4.78, 5) is 0. The first-order valence-corrected chi connectivity index (χ1v) is 8.27. The second-order valence-electron chi connectivity index (χ2n) is 5.12. The van der Waals surface area contributed by atoms with Gasteiger partial charge < -0.3 is 19.3 Å². The average Bonchev–Trinajstić information content (AvgIpc) is 2.46. The Labute approximate surface area is 124 Å². The lowest BCUT2D eigenvalue weighted by atomic mass is 10.2. The summed E-state index contributed by atoms with van der Waals surface area (Å²) >= 11 is 0. The lowest BCUT2D eigenvalue weighted by Crippen LogP contribution is -2.40. The summed E-state index contributed by atoms with van der Waals surface area (Å²) < 4.78 is 17.7.